The Hall–Kier alpha value is -0.860. The number of aliphatic hydroxyl groups excluding tert-OH is 1. The highest BCUT2D eigenvalue weighted by Crippen LogP contribution is 2.16. The Kier molecular flexibility index (Phi) is 3.26. The van der Waals surface area contributed by atoms with E-state index in [2.05, 4.69) is 0 Å². The van der Waals surface area contributed by atoms with Crippen molar-refractivity contribution in [2.24, 2.45) is 5.73 Å². The van der Waals surface area contributed by atoms with Crippen LogP contribution in [-0.4, -0.2) is 11.1 Å². The molecule has 2 nitrogen and oxygen atoms in total. The molecule has 0 heterocycles. The van der Waals surface area contributed by atoms with Crippen molar-refractivity contribution in [3.05, 3.63) is 35.9 Å². The van der Waals surface area contributed by atoms with Crippen molar-refractivity contribution in [1.82, 2.24) is 0 Å². The molecule has 2 atom stereocenters. The fraction of sp³-hybridized carbons (Fsp3) is 0.400. The summed E-state index contributed by atoms with van der Waals surface area (Å²) in [6, 6.07) is 9.35. The van der Waals surface area contributed by atoms with Crippen LogP contribution in [0.4, 0.5) is 0 Å². The Labute approximate surface area is 73.0 Å². The van der Waals surface area contributed by atoms with Gasteiger partial charge in [0.1, 0.15) is 0 Å². The van der Waals surface area contributed by atoms with E-state index in [1.165, 1.54) is 0 Å². The lowest BCUT2D eigenvalue weighted by atomic mass is 10.0. The molecule has 0 aliphatic rings. The minimum absolute atomic E-state index is 0.160. The van der Waals surface area contributed by atoms with Gasteiger partial charge >= 0.3 is 0 Å². The van der Waals surface area contributed by atoms with E-state index in [1.807, 2.05) is 37.3 Å². The van der Waals surface area contributed by atoms with Gasteiger partial charge in [0.15, 0.2) is 0 Å². The quantitative estimate of drug-likeness (QED) is 0.712. The zero-order valence-corrected chi connectivity index (χ0v) is 7.27. The van der Waals surface area contributed by atoms with Crippen molar-refractivity contribution in [1.29, 1.82) is 0 Å². The van der Waals surface area contributed by atoms with E-state index in [0.29, 0.717) is 0 Å². The molecule has 0 fully saturated rings. The maximum Gasteiger partial charge on any atom is 0.0940 e. The number of nitrogens with two attached hydrogens (primary N) is 1. The number of hydrogen-bond donors (Lipinski definition) is 2. The van der Waals surface area contributed by atoms with Crippen molar-refractivity contribution >= 4 is 0 Å². The average molecular weight is 165 g/mol. The highest BCUT2D eigenvalue weighted by molar-refractivity contribution is 5.18. The minimum atomic E-state index is -0.531. The Morgan fingerprint density at radius 2 is 1.92 bits per heavy atom. The first kappa shape index (κ1) is 9.23. The van der Waals surface area contributed by atoms with Crippen LogP contribution in [-0.2, 0) is 0 Å². The summed E-state index contributed by atoms with van der Waals surface area (Å²) >= 11 is 0. The van der Waals surface area contributed by atoms with E-state index in [0.717, 1.165) is 12.0 Å². The molecule has 1 aromatic rings. The summed E-state index contributed by atoms with van der Waals surface area (Å²) in [5.41, 5.74) is 6.59. The maximum atomic E-state index is 9.66. The zero-order valence-electron chi connectivity index (χ0n) is 7.27. The van der Waals surface area contributed by atoms with Gasteiger partial charge in [0.25, 0.3) is 0 Å². The molecule has 66 valence electrons. The van der Waals surface area contributed by atoms with Gasteiger partial charge in [-0.15, -0.1) is 0 Å². The fourth-order valence-electron chi connectivity index (χ4n) is 1.12. The second-order valence-electron chi connectivity index (χ2n) is 2.93. The van der Waals surface area contributed by atoms with E-state index in [9.17, 15) is 5.11 Å². The Morgan fingerprint density at radius 3 is 2.42 bits per heavy atom. The molecule has 12 heavy (non-hydrogen) atoms. The van der Waals surface area contributed by atoms with Crippen LogP contribution in [0.2, 0.25) is 0 Å². The van der Waals surface area contributed by atoms with E-state index >= 15 is 0 Å². The summed E-state index contributed by atoms with van der Waals surface area (Å²) < 4.78 is 0. The van der Waals surface area contributed by atoms with Crippen LogP contribution in [0.1, 0.15) is 25.0 Å². The first-order valence-electron chi connectivity index (χ1n) is 4.24. The van der Waals surface area contributed by atoms with Crippen LogP contribution < -0.4 is 5.73 Å². The molecule has 1 rings (SSSR count). The molecular formula is C10H15NO. The van der Waals surface area contributed by atoms with Gasteiger partial charge in [-0.3, -0.25) is 0 Å². The molecule has 1 unspecified atom stereocenters. The molecule has 0 radical (unpaired) electrons. The molecule has 0 bridgehead atoms. The largest absolute Gasteiger partial charge is 0.387 e. The molecule has 0 saturated carbocycles. The third kappa shape index (κ3) is 2.06. The molecule has 0 spiro atoms. The molecule has 1 aromatic carbocycles. The summed E-state index contributed by atoms with van der Waals surface area (Å²) in [7, 11) is 0. The number of aliphatic hydroxyl groups is 1. The second-order valence-corrected chi connectivity index (χ2v) is 2.93. The Morgan fingerprint density at radius 1 is 1.33 bits per heavy atom. The van der Waals surface area contributed by atoms with Gasteiger partial charge in [0.2, 0.25) is 0 Å². The van der Waals surface area contributed by atoms with Crippen LogP contribution in [0.5, 0.6) is 0 Å². The molecule has 0 saturated heterocycles. The van der Waals surface area contributed by atoms with Crippen molar-refractivity contribution in [3.8, 4) is 0 Å². The van der Waals surface area contributed by atoms with Crippen molar-refractivity contribution in [2.75, 3.05) is 0 Å². The Bertz CT molecular complexity index is 223. The summed E-state index contributed by atoms with van der Waals surface area (Å²) in [5, 5.41) is 9.66. The first-order valence-corrected chi connectivity index (χ1v) is 4.24. The normalized spacial score (nSPS) is 15.6. The van der Waals surface area contributed by atoms with Crippen LogP contribution in [0, 0.1) is 0 Å². The van der Waals surface area contributed by atoms with Crippen LogP contribution in [0.3, 0.4) is 0 Å². The fourth-order valence-corrected chi connectivity index (χ4v) is 1.12. The number of rotatable bonds is 3. The number of benzene rings is 1. The molecule has 0 aliphatic heterocycles. The van der Waals surface area contributed by atoms with Gasteiger partial charge in [-0.25, -0.2) is 0 Å². The van der Waals surface area contributed by atoms with Gasteiger partial charge in [-0.1, -0.05) is 37.3 Å². The van der Waals surface area contributed by atoms with Crippen LogP contribution in [0.15, 0.2) is 30.3 Å². The summed E-state index contributed by atoms with van der Waals surface area (Å²) in [6.45, 7) is 1.97. The summed E-state index contributed by atoms with van der Waals surface area (Å²) in [5.74, 6) is 0. The third-order valence-electron chi connectivity index (χ3n) is 2.02. The van der Waals surface area contributed by atoms with Gasteiger partial charge in [-0.2, -0.15) is 0 Å². The molecule has 0 aromatic heterocycles. The standard InChI is InChI=1S/C10H15NO/c1-2-9(11)10(12)8-6-4-3-5-7-8/h3-7,9-10,12H,2,11H2,1H3/t9-,10?/m0/s1. The lowest BCUT2D eigenvalue weighted by molar-refractivity contribution is 0.144. The molecule has 0 aliphatic carbocycles. The van der Waals surface area contributed by atoms with E-state index in [4.69, 9.17) is 5.73 Å². The minimum Gasteiger partial charge on any atom is -0.387 e. The van der Waals surface area contributed by atoms with Crippen molar-refractivity contribution in [3.63, 3.8) is 0 Å². The topological polar surface area (TPSA) is 46.2 Å². The third-order valence-corrected chi connectivity index (χ3v) is 2.02. The van der Waals surface area contributed by atoms with Gasteiger partial charge < -0.3 is 10.8 Å². The monoisotopic (exact) mass is 165 g/mol. The maximum absolute atomic E-state index is 9.66. The zero-order chi connectivity index (χ0) is 8.97. The van der Waals surface area contributed by atoms with Gasteiger partial charge in [0, 0.05) is 6.04 Å². The number of hydrogen-bond acceptors (Lipinski definition) is 2. The van der Waals surface area contributed by atoms with Crippen molar-refractivity contribution in [2.45, 2.75) is 25.5 Å². The van der Waals surface area contributed by atoms with E-state index < -0.39 is 6.10 Å². The molecule has 2 heteroatoms. The van der Waals surface area contributed by atoms with Gasteiger partial charge in [0.05, 0.1) is 6.10 Å². The van der Waals surface area contributed by atoms with Crippen LogP contribution >= 0.6 is 0 Å². The van der Waals surface area contributed by atoms with Crippen molar-refractivity contribution < 1.29 is 5.11 Å². The highest BCUT2D eigenvalue weighted by Gasteiger charge is 2.13. The molecule has 0 amide bonds. The predicted octanol–water partition coefficient (Wildman–Crippen LogP) is 1.46. The summed E-state index contributed by atoms with van der Waals surface area (Å²) in [4.78, 5) is 0. The second kappa shape index (κ2) is 4.24. The highest BCUT2D eigenvalue weighted by atomic mass is 16.3. The summed E-state index contributed by atoms with van der Waals surface area (Å²) in [6.07, 6.45) is 0.256. The van der Waals surface area contributed by atoms with E-state index in [1.54, 1.807) is 0 Å². The molecular weight excluding hydrogens is 150 g/mol. The lowest BCUT2D eigenvalue weighted by Crippen LogP contribution is -2.27. The van der Waals surface area contributed by atoms with E-state index in [-0.39, 0.29) is 6.04 Å². The SMILES string of the molecule is CC[C@H](N)C(O)c1ccccc1. The lowest BCUT2D eigenvalue weighted by Gasteiger charge is -2.16. The van der Waals surface area contributed by atoms with Gasteiger partial charge in [-0.05, 0) is 12.0 Å². The predicted molar refractivity (Wildman–Crippen MR) is 49.7 cm³/mol. The smallest absolute Gasteiger partial charge is 0.0940 e. The molecule has 3 N–H and O–H groups in total. The Balaban J connectivity index is 2.71. The average Bonchev–Trinajstić information content (AvgIpc) is 2.17. The first-order chi connectivity index (χ1) is 5.75. The van der Waals surface area contributed by atoms with Crippen LogP contribution in [0.25, 0.3) is 0 Å².